The first-order valence-corrected chi connectivity index (χ1v) is 13.7. The summed E-state index contributed by atoms with van der Waals surface area (Å²) in [6, 6.07) is 26.3. The van der Waals surface area contributed by atoms with Crippen LogP contribution in [0.15, 0.2) is 83.6 Å². The standard InChI is InChI=1S/C32H22N2S2/c1-3-17-33-23-13-7-5-11-21(23)27-30(26-16-10-20-36-26)32-28(29(31(27)33)25-15-9-19-35-25)22-12-6-8-14-24(22)34(32)18-4-2/h1-2,5-16,19-20,29-30H,17-18H2. The van der Waals surface area contributed by atoms with Gasteiger partial charge in [-0.3, -0.25) is 0 Å². The van der Waals surface area contributed by atoms with Gasteiger partial charge in [-0.1, -0.05) is 60.4 Å². The highest BCUT2D eigenvalue weighted by Crippen LogP contribution is 2.56. The fraction of sp³-hybridized carbons (Fsp3) is 0.125. The first-order chi connectivity index (χ1) is 17.8. The molecule has 2 nitrogen and oxygen atoms in total. The number of nitrogens with zero attached hydrogens (tertiary/aromatic N) is 2. The maximum atomic E-state index is 5.97. The quantitative estimate of drug-likeness (QED) is 0.221. The van der Waals surface area contributed by atoms with Gasteiger partial charge in [0.25, 0.3) is 0 Å². The lowest BCUT2D eigenvalue weighted by Gasteiger charge is -2.32. The number of terminal acetylenes is 2. The summed E-state index contributed by atoms with van der Waals surface area (Å²) in [4.78, 5) is 2.65. The lowest BCUT2D eigenvalue weighted by atomic mass is 9.76. The van der Waals surface area contributed by atoms with Crippen molar-refractivity contribution in [3.63, 3.8) is 0 Å². The fourth-order valence-electron chi connectivity index (χ4n) is 6.19. The van der Waals surface area contributed by atoms with Crippen molar-refractivity contribution < 1.29 is 0 Å². The van der Waals surface area contributed by atoms with E-state index in [0.717, 1.165) is 0 Å². The highest BCUT2D eigenvalue weighted by molar-refractivity contribution is 7.10. The van der Waals surface area contributed by atoms with E-state index in [1.807, 2.05) is 22.7 Å². The lowest BCUT2D eigenvalue weighted by molar-refractivity contribution is 0.695. The number of fused-ring (bicyclic) bond motifs is 6. The van der Waals surface area contributed by atoms with Crippen LogP contribution in [-0.2, 0) is 13.1 Å². The highest BCUT2D eigenvalue weighted by Gasteiger charge is 2.42. The molecule has 0 saturated carbocycles. The SMILES string of the molecule is C#CCn1c2c(c3ccccc31)C(c1cccs1)c1c(c3ccccc3n1CC#C)C2c1cccs1. The van der Waals surface area contributed by atoms with E-state index in [9.17, 15) is 0 Å². The molecule has 4 aromatic heterocycles. The van der Waals surface area contributed by atoms with E-state index in [-0.39, 0.29) is 11.8 Å². The van der Waals surface area contributed by atoms with E-state index in [1.54, 1.807) is 0 Å². The van der Waals surface area contributed by atoms with Crippen molar-refractivity contribution in [3.05, 3.63) is 116 Å². The second kappa shape index (κ2) is 8.32. The third-order valence-electron chi connectivity index (χ3n) is 7.38. The van der Waals surface area contributed by atoms with Crippen molar-refractivity contribution in [3.8, 4) is 24.7 Å². The van der Waals surface area contributed by atoms with Gasteiger partial charge in [-0.25, -0.2) is 0 Å². The summed E-state index contributed by atoms with van der Waals surface area (Å²) in [5.74, 6) is 6.06. The van der Waals surface area contributed by atoms with E-state index in [2.05, 4.69) is 105 Å². The average Bonchev–Trinajstić information content (AvgIpc) is 3.71. The van der Waals surface area contributed by atoms with Crippen LogP contribution in [0, 0.1) is 24.7 Å². The van der Waals surface area contributed by atoms with Gasteiger partial charge in [0.05, 0.1) is 24.9 Å². The zero-order chi connectivity index (χ0) is 24.2. The smallest absolute Gasteiger partial charge is 0.0838 e. The third kappa shape index (κ3) is 2.86. The average molecular weight is 499 g/mol. The minimum Gasteiger partial charge on any atom is -0.332 e. The maximum absolute atomic E-state index is 5.97. The van der Waals surface area contributed by atoms with Crippen LogP contribution < -0.4 is 0 Å². The Balaban J connectivity index is 1.72. The van der Waals surface area contributed by atoms with E-state index < -0.39 is 0 Å². The summed E-state index contributed by atoms with van der Waals surface area (Å²) >= 11 is 3.62. The van der Waals surface area contributed by atoms with Gasteiger partial charge in [-0.2, -0.15) is 0 Å². The molecule has 0 saturated heterocycles. The molecular weight excluding hydrogens is 477 g/mol. The van der Waals surface area contributed by atoms with Crippen LogP contribution in [0.4, 0.5) is 0 Å². The summed E-state index contributed by atoms with van der Waals surface area (Å²) in [6.45, 7) is 1.07. The molecule has 36 heavy (non-hydrogen) atoms. The molecule has 0 radical (unpaired) electrons. The van der Waals surface area contributed by atoms with Crippen molar-refractivity contribution in [2.45, 2.75) is 24.9 Å². The second-order valence-corrected chi connectivity index (χ2v) is 11.1. The van der Waals surface area contributed by atoms with Crippen LogP contribution in [0.1, 0.15) is 44.1 Å². The van der Waals surface area contributed by atoms with E-state index in [1.165, 1.54) is 54.1 Å². The molecule has 4 heteroatoms. The Labute approximate surface area is 218 Å². The zero-order valence-electron chi connectivity index (χ0n) is 19.5. The predicted octanol–water partition coefficient (Wildman–Crippen LogP) is 7.66. The Morgan fingerprint density at radius 1 is 0.611 bits per heavy atom. The van der Waals surface area contributed by atoms with Gasteiger partial charge in [-0.05, 0) is 46.2 Å². The molecule has 0 N–H and O–H groups in total. The molecule has 0 fully saturated rings. The number of rotatable bonds is 4. The van der Waals surface area contributed by atoms with E-state index in [4.69, 9.17) is 12.8 Å². The molecule has 7 rings (SSSR count). The largest absolute Gasteiger partial charge is 0.332 e. The van der Waals surface area contributed by atoms with Gasteiger partial charge in [0.1, 0.15) is 0 Å². The number of hydrogen-bond donors (Lipinski definition) is 0. The van der Waals surface area contributed by atoms with Crippen molar-refractivity contribution in [1.82, 2.24) is 9.13 Å². The maximum Gasteiger partial charge on any atom is 0.0838 e. The second-order valence-electron chi connectivity index (χ2n) is 9.11. The minimum absolute atomic E-state index is 0.0795. The number of thiophene rings is 2. The number of benzene rings is 2. The van der Waals surface area contributed by atoms with E-state index in [0.29, 0.717) is 13.1 Å². The molecule has 2 unspecified atom stereocenters. The molecule has 0 aliphatic heterocycles. The Hall–Kier alpha value is -3.96. The fourth-order valence-corrected chi connectivity index (χ4v) is 7.86. The predicted molar refractivity (Wildman–Crippen MR) is 152 cm³/mol. The molecule has 1 aliphatic carbocycles. The Kier molecular flexibility index (Phi) is 4.93. The molecule has 2 aromatic carbocycles. The summed E-state index contributed by atoms with van der Waals surface area (Å²) in [7, 11) is 0. The third-order valence-corrected chi connectivity index (χ3v) is 9.26. The summed E-state index contributed by atoms with van der Waals surface area (Å²) in [5.41, 5.74) is 7.73. The highest BCUT2D eigenvalue weighted by atomic mass is 32.1. The van der Waals surface area contributed by atoms with Crippen LogP contribution >= 0.6 is 22.7 Å². The van der Waals surface area contributed by atoms with Crippen LogP contribution in [-0.4, -0.2) is 9.13 Å². The van der Waals surface area contributed by atoms with E-state index >= 15 is 0 Å². The van der Waals surface area contributed by atoms with Crippen LogP contribution in [0.5, 0.6) is 0 Å². The topological polar surface area (TPSA) is 9.86 Å². The molecule has 172 valence electrons. The van der Waals surface area contributed by atoms with Crippen molar-refractivity contribution in [1.29, 1.82) is 0 Å². The van der Waals surface area contributed by atoms with Gasteiger partial charge in [0, 0.05) is 42.9 Å². The molecule has 6 aromatic rings. The molecular formula is C32H22N2S2. The van der Waals surface area contributed by atoms with Crippen LogP contribution in [0.3, 0.4) is 0 Å². The normalized spacial score (nSPS) is 16.5. The van der Waals surface area contributed by atoms with Gasteiger partial charge >= 0.3 is 0 Å². The zero-order valence-corrected chi connectivity index (χ0v) is 21.2. The van der Waals surface area contributed by atoms with Crippen molar-refractivity contribution in [2.24, 2.45) is 0 Å². The van der Waals surface area contributed by atoms with Gasteiger partial charge in [-0.15, -0.1) is 35.5 Å². The molecule has 2 atom stereocenters. The Morgan fingerprint density at radius 2 is 1.06 bits per heavy atom. The Morgan fingerprint density at radius 3 is 1.44 bits per heavy atom. The first-order valence-electron chi connectivity index (χ1n) is 12.0. The minimum atomic E-state index is 0.0795. The number of para-hydroxylation sites is 2. The van der Waals surface area contributed by atoms with Crippen LogP contribution in [0.25, 0.3) is 21.8 Å². The van der Waals surface area contributed by atoms with Gasteiger partial charge in [0.15, 0.2) is 0 Å². The molecule has 0 spiro atoms. The molecule has 0 amide bonds. The van der Waals surface area contributed by atoms with Gasteiger partial charge < -0.3 is 9.13 Å². The number of hydrogen-bond acceptors (Lipinski definition) is 2. The lowest BCUT2D eigenvalue weighted by Crippen LogP contribution is -2.23. The summed E-state index contributed by atoms with van der Waals surface area (Å²) < 4.78 is 4.76. The van der Waals surface area contributed by atoms with Crippen molar-refractivity contribution in [2.75, 3.05) is 0 Å². The number of aromatic nitrogens is 2. The monoisotopic (exact) mass is 498 g/mol. The van der Waals surface area contributed by atoms with Gasteiger partial charge in [0.2, 0.25) is 0 Å². The van der Waals surface area contributed by atoms with Crippen LogP contribution in [0.2, 0.25) is 0 Å². The molecule has 4 heterocycles. The summed E-state index contributed by atoms with van der Waals surface area (Å²) in [5, 5.41) is 6.89. The molecule has 0 bridgehead atoms. The first kappa shape index (κ1) is 21.3. The molecule has 1 aliphatic rings. The van der Waals surface area contributed by atoms with Crippen molar-refractivity contribution >= 4 is 44.5 Å². The Bertz CT molecular complexity index is 1680. The summed E-state index contributed by atoms with van der Waals surface area (Å²) in [6.07, 6.45) is 11.9.